The number of H-pyrrole nitrogens is 1. The number of aromatic amines is 1. The highest BCUT2D eigenvalue weighted by molar-refractivity contribution is 7.99. The largest absolute Gasteiger partial charge is 0.301 e. The molecule has 2 aromatic heterocycles. The van der Waals surface area contributed by atoms with Crippen molar-refractivity contribution >= 4 is 35.1 Å². The number of nitrogens with zero attached hydrogens (tertiary/aromatic N) is 3. The monoisotopic (exact) mass is 288 g/mol. The summed E-state index contributed by atoms with van der Waals surface area (Å²) in [7, 11) is 0. The fraction of sp³-hybridized carbons (Fsp3) is 0.333. The van der Waals surface area contributed by atoms with Crippen molar-refractivity contribution in [3.05, 3.63) is 27.3 Å². The molecule has 0 aliphatic heterocycles. The summed E-state index contributed by atoms with van der Waals surface area (Å²) < 4.78 is 7.87. The Hall–Kier alpha value is -0.920. The van der Waals surface area contributed by atoms with Crippen LogP contribution in [0.1, 0.15) is 19.0 Å². The number of rotatable bonds is 4. The third-order valence-corrected chi connectivity index (χ3v) is 3.88. The van der Waals surface area contributed by atoms with Gasteiger partial charge in [-0.3, -0.25) is 4.79 Å². The van der Waals surface area contributed by atoms with Gasteiger partial charge in [0.15, 0.2) is 15.3 Å². The fourth-order valence-corrected chi connectivity index (χ4v) is 2.83. The van der Waals surface area contributed by atoms with Crippen LogP contribution in [0.4, 0.5) is 0 Å². The molecule has 0 unspecified atom stereocenters. The molecule has 0 spiro atoms. The van der Waals surface area contributed by atoms with Crippen LogP contribution in [0.15, 0.2) is 21.0 Å². The zero-order valence-electron chi connectivity index (χ0n) is 8.94. The van der Waals surface area contributed by atoms with E-state index in [1.54, 1.807) is 0 Å². The molecule has 90 valence electrons. The second kappa shape index (κ2) is 5.61. The van der Waals surface area contributed by atoms with E-state index in [0.29, 0.717) is 15.3 Å². The maximum Gasteiger partial charge on any atom is 0.251 e. The highest BCUT2D eigenvalue weighted by Crippen LogP contribution is 2.28. The summed E-state index contributed by atoms with van der Waals surface area (Å²) in [6, 6.07) is 1.51. The minimum atomic E-state index is -0.162. The predicted molar refractivity (Wildman–Crippen MR) is 67.9 cm³/mol. The molecule has 17 heavy (non-hydrogen) atoms. The summed E-state index contributed by atoms with van der Waals surface area (Å²) in [5.74, 6) is 0. The summed E-state index contributed by atoms with van der Waals surface area (Å²) in [5.41, 5.74) is 0.614. The van der Waals surface area contributed by atoms with Crippen LogP contribution in [-0.2, 0) is 6.42 Å². The van der Waals surface area contributed by atoms with E-state index in [2.05, 4.69) is 18.7 Å². The first-order valence-electron chi connectivity index (χ1n) is 4.95. The minimum absolute atomic E-state index is 0.162. The molecule has 0 aliphatic rings. The summed E-state index contributed by atoms with van der Waals surface area (Å²) in [4.78, 5) is 18.4. The van der Waals surface area contributed by atoms with E-state index < -0.39 is 0 Å². The Morgan fingerprint density at radius 3 is 3.00 bits per heavy atom. The second-order valence-electron chi connectivity index (χ2n) is 3.25. The fourth-order valence-electron chi connectivity index (χ4n) is 1.24. The molecule has 0 radical (unpaired) electrons. The predicted octanol–water partition coefficient (Wildman–Crippen LogP) is 2.38. The van der Waals surface area contributed by atoms with Crippen molar-refractivity contribution in [3.63, 3.8) is 0 Å². The maximum absolute atomic E-state index is 11.4. The van der Waals surface area contributed by atoms with Crippen LogP contribution < -0.4 is 5.56 Å². The van der Waals surface area contributed by atoms with Gasteiger partial charge >= 0.3 is 0 Å². The van der Waals surface area contributed by atoms with Gasteiger partial charge in [0, 0.05) is 11.8 Å². The van der Waals surface area contributed by atoms with Gasteiger partial charge in [-0.05, 0) is 18.2 Å². The van der Waals surface area contributed by atoms with Gasteiger partial charge in [0.05, 0.1) is 11.7 Å². The van der Waals surface area contributed by atoms with Gasteiger partial charge in [-0.1, -0.05) is 24.9 Å². The van der Waals surface area contributed by atoms with E-state index in [0.717, 1.165) is 30.3 Å². The highest BCUT2D eigenvalue weighted by Gasteiger charge is 2.10. The van der Waals surface area contributed by atoms with Crippen molar-refractivity contribution in [2.75, 3.05) is 0 Å². The quantitative estimate of drug-likeness (QED) is 0.875. The lowest BCUT2D eigenvalue weighted by Crippen LogP contribution is -2.09. The summed E-state index contributed by atoms with van der Waals surface area (Å²) in [6.45, 7) is 2.04. The molecule has 0 atom stereocenters. The molecule has 0 saturated heterocycles. The van der Waals surface area contributed by atoms with Gasteiger partial charge in [-0.25, -0.2) is 4.98 Å². The highest BCUT2D eigenvalue weighted by atomic mass is 35.5. The Balaban J connectivity index is 2.27. The molecule has 2 aromatic rings. The first kappa shape index (κ1) is 12.5. The van der Waals surface area contributed by atoms with Gasteiger partial charge < -0.3 is 4.98 Å². The molecule has 0 aromatic carbocycles. The third kappa shape index (κ3) is 3.27. The van der Waals surface area contributed by atoms with E-state index >= 15 is 0 Å². The van der Waals surface area contributed by atoms with Gasteiger partial charge in [0.2, 0.25) is 0 Å². The Morgan fingerprint density at radius 2 is 2.35 bits per heavy atom. The Bertz CT molecular complexity index is 568. The van der Waals surface area contributed by atoms with Crippen LogP contribution in [-0.4, -0.2) is 18.7 Å². The molecular weight excluding hydrogens is 280 g/mol. The topological polar surface area (TPSA) is 71.5 Å². The molecule has 0 aliphatic carbocycles. The number of halogens is 1. The number of hydrogen-bond donors (Lipinski definition) is 1. The minimum Gasteiger partial charge on any atom is -0.301 e. The summed E-state index contributed by atoms with van der Waals surface area (Å²) >= 11 is 8.07. The molecule has 0 bridgehead atoms. The van der Waals surface area contributed by atoms with Crippen molar-refractivity contribution in [3.8, 4) is 0 Å². The van der Waals surface area contributed by atoms with Gasteiger partial charge in [0.25, 0.3) is 5.56 Å². The number of aromatic nitrogens is 4. The molecule has 1 N–H and O–H groups in total. The number of hydrogen-bond acceptors (Lipinski definition) is 6. The Kier molecular flexibility index (Phi) is 4.14. The second-order valence-corrected chi connectivity index (χ2v) is 5.12. The molecule has 2 heterocycles. The molecule has 2 rings (SSSR count). The molecule has 0 amide bonds. The molecule has 5 nitrogen and oxygen atoms in total. The SMILES string of the molecule is CCCc1cc(=O)[nH]c(Sc2nsnc2Cl)n1. The average molecular weight is 289 g/mol. The van der Waals surface area contributed by atoms with E-state index in [9.17, 15) is 4.79 Å². The molecule has 0 saturated carbocycles. The van der Waals surface area contributed by atoms with Crippen LogP contribution in [0, 0.1) is 0 Å². The zero-order valence-corrected chi connectivity index (χ0v) is 11.3. The molecule has 0 fully saturated rings. The third-order valence-electron chi connectivity index (χ3n) is 1.89. The smallest absolute Gasteiger partial charge is 0.251 e. The summed E-state index contributed by atoms with van der Waals surface area (Å²) in [5, 5.41) is 1.40. The van der Waals surface area contributed by atoms with Gasteiger partial charge in [-0.15, -0.1) is 0 Å². The molecule has 8 heteroatoms. The lowest BCUT2D eigenvalue weighted by atomic mass is 10.2. The van der Waals surface area contributed by atoms with Crippen molar-refractivity contribution in [2.45, 2.75) is 29.9 Å². The van der Waals surface area contributed by atoms with E-state index in [1.807, 2.05) is 6.92 Å². The Morgan fingerprint density at radius 1 is 1.53 bits per heavy atom. The normalized spacial score (nSPS) is 10.7. The van der Waals surface area contributed by atoms with E-state index in [1.165, 1.54) is 17.8 Å². The van der Waals surface area contributed by atoms with Crippen LogP contribution in [0.25, 0.3) is 0 Å². The number of nitrogens with one attached hydrogen (secondary N) is 1. The van der Waals surface area contributed by atoms with E-state index in [4.69, 9.17) is 11.6 Å². The lowest BCUT2D eigenvalue weighted by Gasteiger charge is -2.01. The average Bonchev–Trinajstić information content (AvgIpc) is 2.64. The van der Waals surface area contributed by atoms with Crippen LogP contribution >= 0.6 is 35.1 Å². The number of aryl methyl sites for hydroxylation is 1. The van der Waals surface area contributed by atoms with Crippen molar-refractivity contribution in [1.29, 1.82) is 0 Å². The maximum atomic E-state index is 11.4. The van der Waals surface area contributed by atoms with Crippen molar-refractivity contribution in [2.24, 2.45) is 0 Å². The first-order valence-corrected chi connectivity index (χ1v) is 6.87. The van der Waals surface area contributed by atoms with E-state index in [-0.39, 0.29) is 5.56 Å². The van der Waals surface area contributed by atoms with Crippen LogP contribution in [0.5, 0.6) is 0 Å². The zero-order chi connectivity index (χ0) is 12.3. The standard InChI is InChI=1S/C9H9ClN4OS2/c1-2-3-5-4-6(15)12-9(11-5)16-8-7(10)13-17-14-8/h4H,2-3H2,1H3,(H,11,12,15). The lowest BCUT2D eigenvalue weighted by molar-refractivity contribution is 0.815. The van der Waals surface area contributed by atoms with Crippen molar-refractivity contribution < 1.29 is 0 Å². The first-order chi connectivity index (χ1) is 8.19. The van der Waals surface area contributed by atoms with Crippen molar-refractivity contribution in [1.82, 2.24) is 18.7 Å². The summed E-state index contributed by atoms with van der Waals surface area (Å²) in [6.07, 6.45) is 1.72. The molecular formula is C9H9ClN4OS2. The Labute approximate surface area is 111 Å². The van der Waals surface area contributed by atoms with Gasteiger partial charge in [-0.2, -0.15) is 8.75 Å². The van der Waals surface area contributed by atoms with Crippen LogP contribution in [0.3, 0.4) is 0 Å². The van der Waals surface area contributed by atoms with Gasteiger partial charge in [0.1, 0.15) is 0 Å². The van der Waals surface area contributed by atoms with Crippen LogP contribution in [0.2, 0.25) is 5.15 Å².